The number of aromatic nitrogens is 4. The SMILES string of the molecule is CCn1c(=O)c2cnc(Nc3ccc(N4CCN(C)CC4)c(C)c3)nc2n1-c1cccc(OC)c1. The van der Waals surface area contributed by atoms with Gasteiger partial charge in [-0.05, 0) is 56.8 Å². The lowest BCUT2D eigenvalue weighted by Gasteiger charge is -2.35. The van der Waals surface area contributed by atoms with Crippen molar-refractivity contribution in [3.05, 3.63) is 64.6 Å². The van der Waals surface area contributed by atoms with Crippen molar-refractivity contribution >= 4 is 28.4 Å². The van der Waals surface area contributed by atoms with Gasteiger partial charge in [0.05, 0.1) is 12.8 Å². The quantitative estimate of drug-likeness (QED) is 0.460. The molecule has 35 heavy (non-hydrogen) atoms. The maximum atomic E-state index is 13.0. The number of aryl methyl sites for hydroxylation is 1. The zero-order valence-corrected chi connectivity index (χ0v) is 20.7. The molecule has 9 heteroatoms. The molecule has 182 valence electrons. The van der Waals surface area contributed by atoms with Gasteiger partial charge in [-0.2, -0.15) is 4.98 Å². The Kier molecular flexibility index (Phi) is 6.17. The number of fused-ring (bicyclic) bond motifs is 1. The Bertz CT molecular complexity index is 1420. The van der Waals surface area contributed by atoms with Gasteiger partial charge in [-0.25, -0.2) is 14.3 Å². The molecule has 2 aromatic carbocycles. The van der Waals surface area contributed by atoms with Gasteiger partial charge in [-0.1, -0.05) is 6.07 Å². The Balaban J connectivity index is 1.49. The summed E-state index contributed by atoms with van der Waals surface area (Å²) in [6.07, 6.45) is 1.60. The van der Waals surface area contributed by atoms with Gasteiger partial charge >= 0.3 is 0 Å². The Morgan fingerprint density at radius 1 is 1.09 bits per heavy atom. The Labute approximate surface area is 204 Å². The summed E-state index contributed by atoms with van der Waals surface area (Å²) < 4.78 is 8.88. The van der Waals surface area contributed by atoms with Gasteiger partial charge in [0.1, 0.15) is 11.1 Å². The number of hydrogen-bond donors (Lipinski definition) is 1. The number of anilines is 3. The summed E-state index contributed by atoms with van der Waals surface area (Å²) in [6.45, 7) is 8.76. The number of benzene rings is 2. The molecule has 9 nitrogen and oxygen atoms in total. The van der Waals surface area contributed by atoms with Gasteiger partial charge in [-0.3, -0.25) is 4.79 Å². The molecular formula is C26H31N7O2. The molecule has 5 rings (SSSR count). The van der Waals surface area contributed by atoms with E-state index in [4.69, 9.17) is 9.72 Å². The second-order valence-electron chi connectivity index (χ2n) is 8.88. The minimum absolute atomic E-state index is 0.121. The molecule has 1 aliphatic rings. The molecule has 1 aliphatic heterocycles. The van der Waals surface area contributed by atoms with E-state index < -0.39 is 0 Å². The largest absolute Gasteiger partial charge is 0.497 e. The number of ether oxygens (including phenoxy) is 1. The van der Waals surface area contributed by atoms with E-state index >= 15 is 0 Å². The van der Waals surface area contributed by atoms with Gasteiger partial charge in [0.25, 0.3) is 5.56 Å². The molecule has 4 aromatic rings. The van der Waals surface area contributed by atoms with Crippen molar-refractivity contribution < 1.29 is 4.74 Å². The second-order valence-corrected chi connectivity index (χ2v) is 8.88. The third kappa shape index (κ3) is 4.35. The highest BCUT2D eigenvalue weighted by molar-refractivity contribution is 5.77. The van der Waals surface area contributed by atoms with E-state index in [0.29, 0.717) is 29.3 Å². The molecule has 0 spiro atoms. The third-order valence-corrected chi connectivity index (χ3v) is 6.57. The number of piperazine rings is 1. The first kappa shape index (κ1) is 22.9. The molecule has 0 radical (unpaired) electrons. The van der Waals surface area contributed by atoms with Crippen LogP contribution in [0.3, 0.4) is 0 Å². The number of hydrogen-bond acceptors (Lipinski definition) is 7. The Morgan fingerprint density at radius 2 is 1.89 bits per heavy atom. The highest BCUT2D eigenvalue weighted by Gasteiger charge is 2.18. The third-order valence-electron chi connectivity index (χ3n) is 6.57. The Morgan fingerprint density at radius 3 is 2.60 bits per heavy atom. The minimum atomic E-state index is -0.121. The lowest BCUT2D eigenvalue weighted by atomic mass is 10.1. The molecule has 1 fully saturated rings. The zero-order valence-electron chi connectivity index (χ0n) is 20.7. The molecular weight excluding hydrogens is 442 g/mol. The minimum Gasteiger partial charge on any atom is -0.497 e. The molecule has 0 saturated carbocycles. The predicted octanol–water partition coefficient (Wildman–Crippen LogP) is 3.41. The fraction of sp³-hybridized carbons (Fsp3) is 0.346. The Hall–Kier alpha value is -3.85. The van der Waals surface area contributed by atoms with Crippen LogP contribution in [-0.4, -0.2) is 64.6 Å². The summed E-state index contributed by atoms with van der Waals surface area (Å²) in [7, 11) is 3.79. The number of likely N-dealkylation sites (N-methyl/N-ethyl adjacent to an activating group) is 1. The van der Waals surface area contributed by atoms with Gasteiger partial charge in [-0.15, -0.1) is 0 Å². The summed E-state index contributed by atoms with van der Waals surface area (Å²) in [4.78, 5) is 27.0. The second kappa shape index (κ2) is 9.42. The first-order chi connectivity index (χ1) is 17.0. The fourth-order valence-corrected chi connectivity index (χ4v) is 4.64. The first-order valence-electron chi connectivity index (χ1n) is 11.9. The van der Waals surface area contributed by atoms with E-state index in [1.54, 1.807) is 18.0 Å². The number of rotatable bonds is 6. The van der Waals surface area contributed by atoms with Gasteiger partial charge in [0, 0.05) is 56.4 Å². The average molecular weight is 474 g/mol. The highest BCUT2D eigenvalue weighted by Crippen LogP contribution is 2.26. The van der Waals surface area contributed by atoms with Crippen LogP contribution < -0.4 is 20.5 Å². The van der Waals surface area contributed by atoms with Crippen LogP contribution in [-0.2, 0) is 6.54 Å². The van der Waals surface area contributed by atoms with Gasteiger partial charge in [0.15, 0.2) is 5.65 Å². The standard InChI is InChI=1S/C26H31N7O2/c1-5-32-25(34)22-17-27-26(29-24(22)33(32)20-7-6-8-21(16-20)35-4)28-19-9-10-23(18(2)15-19)31-13-11-30(3)12-14-31/h6-10,15-17H,5,11-14H2,1-4H3,(H,27,28,29). The molecule has 0 atom stereocenters. The molecule has 0 unspecified atom stereocenters. The van der Waals surface area contributed by atoms with Crippen molar-refractivity contribution in [1.29, 1.82) is 0 Å². The van der Waals surface area contributed by atoms with E-state index in [1.165, 1.54) is 11.3 Å². The van der Waals surface area contributed by atoms with E-state index in [9.17, 15) is 4.79 Å². The van der Waals surface area contributed by atoms with E-state index in [-0.39, 0.29) is 5.56 Å². The molecule has 3 heterocycles. The molecule has 2 aromatic heterocycles. The van der Waals surface area contributed by atoms with Crippen LogP contribution in [0.15, 0.2) is 53.5 Å². The van der Waals surface area contributed by atoms with Gasteiger partial charge < -0.3 is 19.9 Å². The molecule has 0 bridgehead atoms. The first-order valence-corrected chi connectivity index (χ1v) is 11.9. The summed E-state index contributed by atoms with van der Waals surface area (Å²) in [6, 6.07) is 13.9. The maximum absolute atomic E-state index is 13.0. The van der Waals surface area contributed by atoms with Crippen LogP contribution in [0.2, 0.25) is 0 Å². The van der Waals surface area contributed by atoms with E-state index in [1.807, 2.05) is 35.9 Å². The maximum Gasteiger partial charge on any atom is 0.278 e. The lowest BCUT2D eigenvalue weighted by molar-refractivity contribution is 0.312. The van der Waals surface area contributed by atoms with Crippen LogP contribution in [0.5, 0.6) is 5.75 Å². The van der Waals surface area contributed by atoms with Crippen molar-refractivity contribution in [2.75, 3.05) is 50.6 Å². The molecule has 0 amide bonds. The molecule has 1 N–H and O–H groups in total. The topological polar surface area (TPSA) is 80.5 Å². The van der Waals surface area contributed by atoms with Crippen LogP contribution in [0.4, 0.5) is 17.3 Å². The highest BCUT2D eigenvalue weighted by atomic mass is 16.5. The number of methoxy groups -OCH3 is 1. The fourth-order valence-electron chi connectivity index (χ4n) is 4.64. The molecule has 1 saturated heterocycles. The van der Waals surface area contributed by atoms with Crippen LogP contribution in [0, 0.1) is 6.92 Å². The van der Waals surface area contributed by atoms with Crippen molar-refractivity contribution in [1.82, 2.24) is 24.2 Å². The van der Waals surface area contributed by atoms with E-state index in [2.05, 4.69) is 52.3 Å². The van der Waals surface area contributed by atoms with Crippen molar-refractivity contribution in [3.8, 4) is 11.4 Å². The van der Waals surface area contributed by atoms with Crippen LogP contribution in [0.1, 0.15) is 12.5 Å². The lowest BCUT2D eigenvalue weighted by Crippen LogP contribution is -2.44. The normalized spacial score (nSPS) is 14.5. The smallest absolute Gasteiger partial charge is 0.278 e. The van der Waals surface area contributed by atoms with Crippen LogP contribution in [0.25, 0.3) is 16.7 Å². The summed E-state index contributed by atoms with van der Waals surface area (Å²) >= 11 is 0. The summed E-state index contributed by atoms with van der Waals surface area (Å²) in [5.74, 6) is 1.15. The van der Waals surface area contributed by atoms with Gasteiger partial charge in [0.2, 0.25) is 5.95 Å². The average Bonchev–Trinajstić information content (AvgIpc) is 3.15. The monoisotopic (exact) mass is 473 g/mol. The summed E-state index contributed by atoms with van der Waals surface area (Å²) in [5, 5.41) is 3.80. The van der Waals surface area contributed by atoms with Crippen molar-refractivity contribution in [2.45, 2.75) is 20.4 Å². The predicted molar refractivity (Wildman–Crippen MR) is 140 cm³/mol. The van der Waals surface area contributed by atoms with Crippen LogP contribution >= 0.6 is 0 Å². The van der Waals surface area contributed by atoms with Crippen molar-refractivity contribution in [2.24, 2.45) is 0 Å². The number of nitrogens with zero attached hydrogens (tertiary/aromatic N) is 6. The summed E-state index contributed by atoms with van der Waals surface area (Å²) in [5.41, 5.74) is 4.59. The molecule has 0 aliphatic carbocycles. The number of nitrogens with one attached hydrogen (secondary N) is 1. The van der Waals surface area contributed by atoms with E-state index in [0.717, 1.165) is 37.6 Å². The zero-order chi connectivity index (χ0) is 24.5. The van der Waals surface area contributed by atoms with Crippen molar-refractivity contribution in [3.63, 3.8) is 0 Å².